The summed E-state index contributed by atoms with van der Waals surface area (Å²) >= 11 is 0. The summed E-state index contributed by atoms with van der Waals surface area (Å²) in [5.74, 6) is 1.97. The predicted molar refractivity (Wildman–Crippen MR) is 134 cm³/mol. The maximum absolute atomic E-state index is 10.1. The molecule has 5 heteroatoms. The smallest absolute Gasteiger partial charge is 0.150 e. The Bertz CT molecular complexity index is 1200. The number of aromatic hydroxyl groups is 2. The van der Waals surface area contributed by atoms with Crippen LogP contribution in [0.25, 0.3) is 11.1 Å². The fraction of sp³-hybridized carbons (Fsp3) is 0.310. The second-order valence-corrected chi connectivity index (χ2v) is 9.24. The molecule has 0 unspecified atom stereocenters. The summed E-state index contributed by atoms with van der Waals surface area (Å²) in [6.07, 6.45) is 2.20. The molecule has 3 aromatic carbocycles. The van der Waals surface area contributed by atoms with Crippen molar-refractivity contribution in [1.29, 1.82) is 0 Å². The normalized spacial score (nSPS) is 18.9. The van der Waals surface area contributed by atoms with E-state index in [1.54, 1.807) is 30.3 Å². The van der Waals surface area contributed by atoms with Crippen LogP contribution in [0.5, 0.6) is 23.0 Å². The minimum Gasteiger partial charge on any atom is -0.508 e. The van der Waals surface area contributed by atoms with Crippen LogP contribution in [0, 0.1) is 0 Å². The number of rotatable bonds is 6. The molecule has 2 N–H and O–H groups in total. The standard InChI is InChI=1S/C29H31NO4/c1-19(30-14-3-4-15-30)18-33-25-11-8-21(9-12-25)29-28(22-6-5-7-23(31)16-22)20(2)26-17-24(32)10-13-27(26)34-29/h5-13,16-17,19,29,31-32H,3-4,14-15,18H2,1-2H3/t19-,29-/m1/s1. The molecule has 0 amide bonds. The molecule has 5 rings (SSSR count). The molecule has 0 aliphatic carbocycles. The van der Waals surface area contributed by atoms with Gasteiger partial charge in [-0.25, -0.2) is 0 Å². The summed E-state index contributed by atoms with van der Waals surface area (Å²) in [5.41, 5.74) is 4.70. The number of benzene rings is 3. The largest absolute Gasteiger partial charge is 0.508 e. The molecular formula is C29H31NO4. The Balaban J connectivity index is 1.43. The van der Waals surface area contributed by atoms with Crippen LogP contribution < -0.4 is 9.47 Å². The minimum atomic E-state index is -0.351. The van der Waals surface area contributed by atoms with Gasteiger partial charge < -0.3 is 19.7 Å². The first kappa shape index (κ1) is 22.4. The Morgan fingerprint density at radius 1 is 0.971 bits per heavy atom. The fourth-order valence-corrected chi connectivity index (χ4v) is 4.96. The van der Waals surface area contributed by atoms with Crippen LogP contribution in [-0.2, 0) is 0 Å². The van der Waals surface area contributed by atoms with E-state index in [2.05, 4.69) is 11.8 Å². The summed E-state index contributed by atoms with van der Waals surface area (Å²) in [6, 6.07) is 20.9. The monoisotopic (exact) mass is 457 g/mol. The summed E-state index contributed by atoms with van der Waals surface area (Å²) in [5, 5.41) is 20.2. The Morgan fingerprint density at radius 3 is 2.44 bits per heavy atom. The lowest BCUT2D eigenvalue weighted by molar-refractivity contribution is 0.172. The van der Waals surface area contributed by atoms with Gasteiger partial charge in [-0.1, -0.05) is 24.3 Å². The SMILES string of the molecule is CC1=C(c2cccc(O)c2)[C@@H](c2ccc(OC[C@@H](C)N3CCCC3)cc2)Oc2ccc(O)cc21. The van der Waals surface area contributed by atoms with Crippen molar-refractivity contribution in [2.75, 3.05) is 19.7 Å². The van der Waals surface area contributed by atoms with Crippen molar-refractivity contribution in [1.82, 2.24) is 4.90 Å². The Hall–Kier alpha value is -3.44. The first-order valence-corrected chi connectivity index (χ1v) is 12.0. The van der Waals surface area contributed by atoms with Crippen LogP contribution in [-0.4, -0.2) is 40.9 Å². The van der Waals surface area contributed by atoms with Crippen LogP contribution in [0.1, 0.15) is 49.5 Å². The van der Waals surface area contributed by atoms with E-state index in [9.17, 15) is 10.2 Å². The molecule has 0 saturated carbocycles. The quantitative estimate of drug-likeness (QED) is 0.474. The molecule has 1 fully saturated rings. The summed E-state index contributed by atoms with van der Waals surface area (Å²) < 4.78 is 12.5. The van der Waals surface area contributed by atoms with Gasteiger partial charge in [0.05, 0.1) is 0 Å². The lowest BCUT2D eigenvalue weighted by Crippen LogP contribution is -2.34. The van der Waals surface area contributed by atoms with Crippen molar-refractivity contribution >= 4 is 11.1 Å². The molecule has 0 aromatic heterocycles. The number of fused-ring (bicyclic) bond motifs is 1. The molecule has 0 radical (unpaired) electrons. The average Bonchev–Trinajstić information content (AvgIpc) is 3.38. The first-order valence-electron chi connectivity index (χ1n) is 12.0. The lowest BCUT2D eigenvalue weighted by Gasteiger charge is -2.31. The summed E-state index contributed by atoms with van der Waals surface area (Å²) in [7, 11) is 0. The second kappa shape index (κ2) is 9.43. The Labute approximate surface area is 200 Å². The van der Waals surface area contributed by atoms with Crippen LogP contribution in [0.15, 0.2) is 66.7 Å². The minimum absolute atomic E-state index is 0.195. The number of hydrogen-bond donors (Lipinski definition) is 2. The number of ether oxygens (including phenoxy) is 2. The fourth-order valence-electron chi connectivity index (χ4n) is 4.96. The van der Waals surface area contributed by atoms with Gasteiger partial charge in [-0.3, -0.25) is 4.90 Å². The van der Waals surface area contributed by atoms with Gasteiger partial charge in [0, 0.05) is 17.2 Å². The predicted octanol–water partition coefficient (Wildman–Crippen LogP) is 6.03. The second-order valence-electron chi connectivity index (χ2n) is 9.24. The van der Waals surface area contributed by atoms with Crippen LogP contribution in [0.3, 0.4) is 0 Å². The highest BCUT2D eigenvalue weighted by atomic mass is 16.5. The van der Waals surface area contributed by atoms with E-state index in [-0.39, 0.29) is 17.6 Å². The summed E-state index contributed by atoms with van der Waals surface area (Å²) in [4.78, 5) is 2.48. The maximum Gasteiger partial charge on any atom is 0.150 e. The zero-order valence-electron chi connectivity index (χ0n) is 19.7. The Kier molecular flexibility index (Phi) is 6.20. The van der Waals surface area contributed by atoms with Crippen LogP contribution in [0.4, 0.5) is 0 Å². The highest BCUT2D eigenvalue weighted by Gasteiger charge is 2.29. The van der Waals surface area contributed by atoms with E-state index in [4.69, 9.17) is 9.47 Å². The molecule has 1 saturated heterocycles. The van der Waals surface area contributed by atoms with Crippen molar-refractivity contribution in [2.24, 2.45) is 0 Å². The molecule has 2 atom stereocenters. The lowest BCUT2D eigenvalue weighted by atomic mass is 9.86. The topological polar surface area (TPSA) is 62.2 Å². The zero-order valence-corrected chi connectivity index (χ0v) is 19.7. The molecule has 0 bridgehead atoms. The highest BCUT2D eigenvalue weighted by Crippen LogP contribution is 2.47. The molecule has 0 spiro atoms. The van der Waals surface area contributed by atoms with Crippen molar-refractivity contribution in [3.63, 3.8) is 0 Å². The number of phenols is 2. The zero-order chi connectivity index (χ0) is 23.7. The molecule has 2 aliphatic heterocycles. The number of phenolic OH excluding ortho intramolecular Hbond substituents is 2. The molecule has 2 heterocycles. The van der Waals surface area contributed by atoms with Crippen LogP contribution >= 0.6 is 0 Å². The number of hydrogen-bond acceptors (Lipinski definition) is 5. The van der Waals surface area contributed by atoms with E-state index < -0.39 is 0 Å². The van der Waals surface area contributed by atoms with Crippen LogP contribution in [0.2, 0.25) is 0 Å². The number of nitrogens with zero attached hydrogens (tertiary/aromatic N) is 1. The highest BCUT2D eigenvalue weighted by molar-refractivity contribution is 5.95. The third kappa shape index (κ3) is 4.48. The van der Waals surface area contributed by atoms with Gasteiger partial charge in [0.2, 0.25) is 0 Å². The van der Waals surface area contributed by atoms with Gasteiger partial charge in [0.15, 0.2) is 0 Å². The third-order valence-corrected chi connectivity index (χ3v) is 6.87. The number of allylic oxidation sites excluding steroid dienone is 1. The van der Waals surface area contributed by atoms with E-state index in [0.29, 0.717) is 12.6 Å². The molecule has 34 heavy (non-hydrogen) atoms. The van der Waals surface area contributed by atoms with E-state index >= 15 is 0 Å². The molecule has 3 aromatic rings. The van der Waals surface area contributed by atoms with Gasteiger partial charge >= 0.3 is 0 Å². The van der Waals surface area contributed by atoms with Crippen molar-refractivity contribution in [3.8, 4) is 23.0 Å². The molecular weight excluding hydrogens is 426 g/mol. The third-order valence-electron chi connectivity index (χ3n) is 6.87. The maximum atomic E-state index is 10.1. The van der Waals surface area contributed by atoms with Gasteiger partial charge in [-0.2, -0.15) is 0 Å². The van der Waals surface area contributed by atoms with Gasteiger partial charge in [-0.15, -0.1) is 0 Å². The average molecular weight is 458 g/mol. The first-order chi connectivity index (χ1) is 16.5. The van der Waals surface area contributed by atoms with E-state index in [1.807, 2.05) is 43.3 Å². The molecule has 2 aliphatic rings. The number of likely N-dealkylation sites (tertiary alicyclic amines) is 1. The van der Waals surface area contributed by atoms with E-state index in [0.717, 1.165) is 52.4 Å². The van der Waals surface area contributed by atoms with Gasteiger partial charge in [0.25, 0.3) is 0 Å². The van der Waals surface area contributed by atoms with E-state index in [1.165, 1.54) is 12.8 Å². The van der Waals surface area contributed by atoms with Crippen molar-refractivity contribution in [3.05, 3.63) is 83.4 Å². The molecule has 176 valence electrons. The Morgan fingerprint density at radius 2 is 1.71 bits per heavy atom. The van der Waals surface area contributed by atoms with Crippen molar-refractivity contribution in [2.45, 2.75) is 38.8 Å². The van der Waals surface area contributed by atoms with Gasteiger partial charge in [-0.05, 0) is 98.9 Å². The van der Waals surface area contributed by atoms with Gasteiger partial charge in [0.1, 0.15) is 35.7 Å². The summed E-state index contributed by atoms with van der Waals surface area (Å²) in [6.45, 7) is 7.24. The van der Waals surface area contributed by atoms with Crippen molar-refractivity contribution < 1.29 is 19.7 Å². The molecule has 5 nitrogen and oxygen atoms in total.